The van der Waals surface area contributed by atoms with Crippen molar-refractivity contribution >= 4 is 11.1 Å². The molecule has 1 unspecified atom stereocenters. The Morgan fingerprint density at radius 1 is 1.33 bits per heavy atom. The predicted molar refractivity (Wildman–Crippen MR) is 80.4 cm³/mol. The van der Waals surface area contributed by atoms with Gasteiger partial charge in [-0.05, 0) is 30.8 Å². The van der Waals surface area contributed by atoms with Crippen molar-refractivity contribution in [3.63, 3.8) is 0 Å². The fourth-order valence-electron chi connectivity index (χ4n) is 2.73. The zero-order valence-electron chi connectivity index (χ0n) is 12.3. The Hall–Kier alpha value is -2.27. The first-order valence-corrected chi connectivity index (χ1v) is 6.98. The molecular formula is C16H18N2O3. The topological polar surface area (TPSA) is 60.3 Å². The minimum Gasteiger partial charge on any atom is -0.469 e. The number of hydrogen-bond donors (Lipinski definition) is 1. The SMILES string of the molecule is CCc1occc1C(NC)c1ccc2c(c1)oc(=O)n2C. The summed E-state index contributed by atoms with van der Waals surface area (Å²) in [5.74, 6) is 0.615. The molecule has 0 amide bonds. The zero-order chi connectivity index (χ0) is 15.0. The average molecular weight is 286 g/mol. The van der Waals surface area contributed by atoms with Gasteiger partial charge in [-0.25, -0.2) is 4.79 Å². The molecule has 2 heterocycles. The molecule has 3 rings (SSSR count). The van der Waals surface area contributed by atoms with Crippen LogP contribution in [0.4, 0.5) is 0 Å². The first kappa shape index (κ1) is 13.7. The Morgan fingerprint density at radius 2 is 2.14 bits per heavy atom. The van der Waals surface area contributed by atoms with E-state index < -0.39 is 0 Å². The van der Waals surface area contributed by atoms with Crippen molar-refractivity contribution < 1.29 is 8.83 Å². The Morgan fingerprint density at radius 3 is 2.86 bits per heavy atom. The quantitative estimate of drug-likeness (QED) is 0.801. The third-order valence-corrected chi connectivity index (χ3v) is 3.85. The molecule has 0 aliphatic carbocycles. The Balaban J connectivity index is 2.11. The summed E-state index contributed by atoms with van der Waals surface area (Å²) < 4.78 is 12.3. The lowest BCUT2D eigenvalue weighted by Crippen LogP contribution is -2.18. The summed E-state index contributed by atoms with van der Waals surface area (Å²) in [7, 11) is 3.61. The third kappa shape index (κ3) is 2.19. The lowest BCUT2D eigenvalue weighted by molar-refractivity contribution is 0.504. The molecular weight excluding hydrogens is 268 g/mol. The van der Waals surface area contributed by atoms with Crippen LogP contribution in [0.3, 0.4) is 0 Å². The number of nitrogens with zero attached hydrogens (tertiary/aromatic N) is 1. The number of fused-ring (bicyclic) bond motifs is 1. The van der Waals surface area contributed by atoms with Gasteiger partial charge in [-0.1, -0.05) is 13.0 Å². The van der Waals surface area contributed by atoms with Crippen LogP contribution in [0.15, 0.2) is 44.2 Å². The van der Waals surface area contributed by atoms with E-state index in [1.54, 1.807) is 13.3 Å². The highest BCUT2D eigenvalue weighted by Crippen LogP contribution is 2.28. The summed E-state index contributed by atoms with van der Waals surface area (Å²) in [6.45, 7) is 2.06. The van der Waals surface area contributed by atoms with Crippen LogP contribution < -0.4 is 11.1 Å². The molecule has 2 aromatic heterocycles. The number of aromatic nitrogens is 1. The van der Waals surface area contributed by atoms with Gasteiger partial charge in [0.1, 0.15) is 5.76 Å². The van der Waals surface area contributed by atoms with Gasteiger partial charge in [0.25, 0.3) is 0 Å². The molecule has 0 spiro atoms. The van der Waals surface area contributed by atoms with E-state index in [-0.39, 0.29) is 11.8 Å². The summed E-state index contributed by atoms with van der Waals surface area (Å²) >= 11 is 0. The smallest absolute Gasteiger partial charge is 0.419 e. The van der Waals surface area contributed by atoms with E-state index in [0.29, 0.717) is 5.58 Å². The fourth-order valence-corrected chi connectivity index (χ4v) is 2.73. The maximum atomic E-state index is 11.6. The highest BCUT2D eigenvalue weighted by atomic mass is 16.4. The van der Waals surface area contributed by atoms with E-state index in [4.69, 9.17) is 8.83 Å². The molecule has 110 valence electrons. The van der Waals surface area contributed by atoms with Crippen LogP contribution in [0.1, 0.15) is 29.9 Å². The van der Waals surface area contributed by atoms with E-state index >= 15 is 0 Å². The largest absolute Gasteiger partial charge is 0.469 e. The van der Waals surface area contributed by atoms with Gasteiger partial charge >= 0.3 is 5.76 Å². The van der Waals surface area contributed by atoms with Crippen LogP contribution in [0.25, 0.3) is 11.1 Å². The average Bonchev–Trinajstić information content (AvgIpc) is 3.06. The zero-order valence-corrected chi connectivity index (χ0v) is 12.3. The number of hydrogen-bond acceptors (Lipinski definition) is 4. The van der Waals surface area contributed by atoms with Gasteiger partial charge in [0.15, 0.2) is 5.58 Å². The van der Waals surface area contributed by atoms with Gasteiger partial charge in [-0.2, -0.15) is 0 Å². The highest BCUT2D eigenvalue weighted by molar-refractivity contribution is 5.74. The van der Waals surface area contributed by atoms with Gasteiger partial charge in [0, 0.05) is 19.0 Å². The number of aryl methyl sites for hydroxylation is 2. The van der Waals surface area contributed by atoms with Crippen LogP contribution >= 0.6 is 0 Å². The first-order valence-electron chi connectivity index (χ1n) is 6.98. The fraction of sp³-hybridized carbons (Fsp3) is 0.312. The van der Waals surface area contributed by atoms with Crippen molar-refractivity contribution in [1.29, 1.82) is 0 Å². The Labute approximate surface area is 122 Å². The molecule has 0 saturated carbocycles. The summed E-state index contributed by atoms with van der Waals surface area (Å²) in [4.78, 5) is 11.6. The minimum absolute atomic E-state index is 0.00797. The molecule has 3 aromatic rings. The van der Waals surface area contributed by atoms with Crippen molar-refractivity contribution in [3.8, 4) is 0 Å². The highest BCUT2D eigenvalue weighted by Gasteiger charge is 2.19. The molecule has 1 atom stereocenters. The second-order valence-corrected chi connectivity index (χ2v) is 5.03. The van der Waals surface area contributed by atoms with Crippen LogP contribution in [0, 0.1) is 0 Å². The first-order chi connectivity index (χ1) is 10.2. The summed E-state index contributed by atoms with van der Waals surface area (Å²) in [6, 6.07) is 7.81. The van der Waals surface area contributed by atoms with Gasteiger partial charge in [0.2, 0.25) is 0 Å². The summed E-state index contributed by atoms with van der Waals surface area (Å²) in [5.41, 5.74) is 3.54. The second kappa shape index (κ2) is 5.26. The van der Waals surface area contributed by atoms with Crippen LogP contribution in [0.2, 0.25) is 0 Å². The molecule has 1 aromatic carbocycles. The molecule has 5 nitrogen and oxygen atoms in total. The molecule has 0 fully saturated rings. The third-order valence-electron chi connectivity index (χ3n) is 3.85. The van der Waals surface area contributed by atoms with Crippen molar-refractivity contribution in [2.24, 2.45) is 7.05 Å². The van der Waals surface area contributed by atoms with Gasteiger partial charge in [-0.15, -0.1) is 0 Å². The van der Waals surface area contributed by atoms with Crippen LogP contribution in [0.5, 0.6) is 0 Å². The Kier molecular flexibility index (Phi) is 3.43. The monoisotopic (exact) mass is 286 g/mol. The van der Waals surface area contributed by atoms with Crippen molar-refractivity contribution in [3.05, 3.63) is 58.0 Å². The van der Waals surface area contributed by atoms with Crippen molar-refractivity contribution in [2.45, 2.75) is 19.4 Å². The lowest BCUT2D eigenvalue weighted by Gasteiger charge is -2.16. The molecule has 21 heavy (non-hydrogen) atoms. The standard InChI is InChI=1S/C16H18N2O3/c1-4-13-11(7-8-20-13)15(17-2)10-5-6-12-14(9-10)21-16(19)18(12)3/h5-9,15,17H,4H2,1-3H3. The van der Waals surface area contributed by atoms with E-state index in [2.05, 4.69) is 12.2 Å². The molecule has 0 radical (unpaired) electrons. The van der Waals surface area contributed by atoms with E-state index in [0.717, 1.165) is 28.8 Å². The number of rotatable bonds is 4. The lowest BCUT2D eigenvalue weighted by atomic mass is 9.98. The van der Waals surface area contributed by atoms with E-state index in [1.807, 2.05) is 31.3 Å². The molecule has 1 N–H and O–H groups in total. The number of furan rings is 1. The molecule has 0 aliphatic rings. The number of nitrogens with one attached hydrogen (secondary N) is 1. The predicted octanol–water partition coefficient (Wildman–Crippen LogP) is 2.60. The molecule has 5 heteroatoms. The maximum absolute atomic E-state index is 11.6. The minimum atomic E-state index is -0.347. The van der Waals surface area contributed by atoms with E-state index in [9.17, 15) is 4.79 Å². The van der Waals surface area contributed by atoms with Crippen LogP contribution in [-0.4, -0.2) is 11.6 Å². The van der Waals surface area contributed by atoms with Crippen LogP contribution in [-0.2, 0) is 13.5 Å². The number of oxazole rings is 1. The Bertz CT molecular complexity index is 826. The number of benzene rings is 1. The second-order valence-electron chi connectivity index (χ2n) is 5.03. The van der Waals surface area contributed by atoms with Gasteiger partial charge in [-0.3, -0.25) is 4.57 Å². The summed E-state index contributed by atoms with van der Waals surface area (Å²) in [5, 5.41) is 3.29. The van der Waals surface area contributed by atoms with Gasteiger partial charge < -0.3 is 14.2 Å². The van der Waals surface area contributed by atoms with Crippen molar-refractivity contribution in [1.82, 2.24) is 9.88 Å². The molecule has 0 aliphatic heterocycles. The van der Waals surface area contributed by atoms with Gasteiger partial charge in [0.05, 0.1) is 17.8 Å². The molecule has 0 bridgehead atoms. The molecule has 0 saturated heterocycles. The maximum Gasteiger partial charge on any atom is 0.419 e. The van der Waals surface area contributed by atoms with Crippen molar-refractivity contribution in [2.75, 3.05) is 7.05 Å². The summed E-state index contributed by atoms with van der Waals surface area (Å²) in [6.07, 6.45) is 2.54. The van der Waals surface area contributed by atoms with E-state index in [1.165, 1.54) is 4.57 Å². The normalized spacial score (nSPS) is 12.9.